The number of fused-ring (bicyclic) bond motifs is 1. The minimum absolute atomic E-state index is 0.0260. The molecular weight excluding hydrogens is 381 g/mol. The monoisotopic (exact) mass is 402 g/mol. The fourth-order valence-corrected chi connectivity index (χ4v) is 2.99. The van der Waals surface area contributed by atoms with E-state index in [4.69, 9.17) is 9.47 Å². The van der Waals surface area contributed by atoms with Gasteiger partial charge in [-0.15, -0.1) is 0 Å². The molecule has 0 radical (unpaired) electrons. The molecule has 0 aliphatic carbocycles. The van der Waals surface area contributed by atoms with Crippen LogP contribution >= 0.6 is 0 Å². The number of hydrogen-bond donors (Lipinski definition) is 0. The Morgan fingerprint density at radius 2 is 1.69 bits per heavy atom. The molecule has 0 fully saturated rings. The Hall–Kier alpha value is -3.15. The van der Waals surface area contributed by atoms with Gasteiger partial charge in [0.2, 0.25) is 0 Å². The van der Waals surface area contributed by atoms with Crippen molar-refractivity contribution in [1.82, 2.24) is 0 Å². The van der Waals surface area contributed by atoms with E-state index in [1.807, 2.05) is 26.0 Å². The Morgan fingerprint density at radius 3 is 2.34 bits per heavy atom. The van der Waals surface area contributed by atoms with Crippen LogP contribution in [0, 0.1) is 5.82 Å². The number of ether oxygens (including phenoxy) is 3. The van der Waals surface area contributed by atoms with E-state index in [0.29, 0.717) is 41.0 Å². The van der Waals surface area contributed by atoms with Crippen LogP contribution in [0.3, 0.4) is 0 Å². The van der Waals surface area contributed by atoms with Crippen LogP contribution in [-0.4, -0.2) is 19.8 Å². The first-order chi connectivity index (χ1) is 14.0. The Balaban J connectivity index is 2.07. The van der Waals surface area contributed by atoms with Crippen LogP contribution in [0.25, 0.3) is 21.9 Å². The minimum Gasteiger partial charge on any atom is -0.494 e. The Bertz CT molecular complexity index is 998. The van der Waals surface area contributed by atoms with E-state index in [1.165, 1.54) is 6.07 Å². The third-order valence-electron chi connectivity index (χ3n) is 4.26. The Morgan fingerprint density at radius 1 is 0.966 bits per heavy atom. The summed E-state index contributed by atoms with van der Waals surface area (Å²) in [6.07, 6.45) is 3.71. The predicted octanol–water partition coefficient (Wildman–Crippen LogP) is 6.60. The van der Waals surface area contributed by atoms with Crippen LogP contribution < -0.4 is 14.2 Å². The van der Waals surface area contributed by atoms with Crippen molar-refractivity contribution >= 4 is 10.8 Å². The van der Waals surface area contributed by atoms with Gasteiger partial charge >= 0.3 is 6.61 Å². The van der Waals surface area contributed by atoms with Gasteiger partial charge in [0, 0.05) is 5.39 Å². The van der Waals surface area contributed by atoms with Gasteiger partial charge in [-0.1, -0.05) is 24.3 Å². The quantitative estimate of drug-likeness (QED) is 0.397. The van der Waals surface area contributed by atoms with Gasteiger partial charge in [0.15, 0.2) is 0 Å². The van der Waals surface area contributed by atoms with Crippen molar-refractivity contribution in [3.63, 3.8) is 0 Å². The van der Waals surface area contributed by atoms with Gasteiger partial charge in [0.25, 0.3) is 0 Å². The summed E-state index contributed by atoms with van der Waals surface area (Å²) in [5.41, 5.74) is 0.384. The van der Waals surface area contributed by atoms with E-state index in [9.17, 15) is 8.78 Å². The molecule has 0 spiro atoms. The molecule has 29 heavy (non-hydrogen) atoms. The van der Waals surface area contributed by atoms with Crippen molar-refractivity contribution in [2.75, 3.05) is 13.2 Å². The normalized spacial score (nSPS) is 11.4. The largest absolute Gasteiger partial charge is 0.494 e. The van der Waals surface area contributed by atoms with Gasteiger partial charge in [0.05, 0.1) is 12.2 Å². The fraction of sp³-hybridized carbons (Fsp3) is 0.217. The van der Waals surface area contributed by atoms with Crippen molar-refractivity contribution in [3.8, 4) is 28.4 Å². The second-order valence-electron chi connectivity index (χ2n) is 6.16. The van der Waals surface area contributed by atoms with Crippen molar-refractivity contribution in [3.05, 3.63) is 66.5 Å². The highest BCUT2D eigenvalue weighted by Gasteiger charge is 2.19. The standard InChI is InChI=1S/C23H21F3O3/c1-3-5-12-28-17-8-6-15(7-9-17)21-20(29-23(25)26)14-16-13-18(27-4-2)10-11-19(16)22(21)24/h3,5-11,13-14,23H,4,12H2,1-2H3. The summed E-state index contributed by atoms with van der Waals surface area (Å²) >= 11 is 0. The number of benzene rings is 3. The summed E-state index contributed by atoms with van der Waals surface area (Å²) in [6, 6.07) is 12.8. The van der Waals surface area contributed by atoms with Crippen LogP contribution in [0.5, 0.6) is 17.2 Å². The van der Waals surface area contributed by atoms with Gasteiger partial charge in [-0.3, -0.25) is 0 Å². The maximum absolute atomic E-state index is 15.3. The molecule has 3 aromatic rings. The maximum atomic E-state index is 15.3. The van der Waals surface area contributed by atoms with Crippen LogP contribution in [0.15, 0.2) is 60.7 Å². The van der Waals surface area contributed by atoms with Gasteiger partial charge in [0.1, 0.15) is 29.7 Å². The van der Waals surface area contributed by atoms with Crippen molar-refractivity contribution in [2.45, 2.75) is 20.5 Å². The highest BCUT2D eigenvalue weighted by molar-refractivity contribution is 5.92. The number of hydrogen-bond acceptors (Lipinski definition) is 3. The maximum Gasteiger partial charge on any atom is 0.387 e. The molecule has 3 nitrogen and oxygen atoms in total. The van der Waals surface area contributed by atoms with E-state index >= 15 is 4.39 Å². The lowest BCUT2D eigenvalue weighted by atomic mass is 9.98. The average molecular weight is 402 g/mol. The molecule has 6 heteroatoms. The van der Waals surface area contributed by atoms with Gasteiger partial charge in [-0.05, 0) is 61.2 Å². The number of halogens is 3. The van der Waals surface area contributed by atoms with Crippen molar-refractivity contribution in [1.29, 1.82) is 0 Å². The summed E-state index contributed by atoms with van der Waals surface area (Å²) in [5, 5.41) is 0.706. The number of rotatable bonds is 8. The zero-order chi connectivity index (χ0) is 20.8. The number of alkyl halides is 2. The second-order valence-corrected chi connectivity index (χ2v) is 6.16. The molecule has 0 saturated carbocycles. The van der Waals surface area contributed by atoms with Crippen molar-refractivity contribution < 1.29 is 27.4 Å². The predicted molar refractivity (Wildman–Crippen MR) is 107 cm³/mol. The zero-order valence-corrected chi connectivity index (χ0v) is 16.1. The SMILES string of the molecule is CC=CCOc1ccc(-c2c(OC(F)F)cc3cc(OCC)ccc3c2F)cc1. The smallest absolute Gasteiger partial charge is 0.387 e. The Kier molecular flexibility index (Phi) is 6.65. The van der Waals surface area contributed by atoms with Gasteiger partial charge in [-0.2, -0.15) is 8.78 Å². The third-order valence-corrected chi connectivity index (χ3v) is 4.26. The first kappa shape index (κ1) is 20.6. The summed E-state index contributed by atoms with van der Waals surface area (Å²) in [5.74, 6) is 0.244. The summed E-state index contributed by atoms with van der Waals surface area (Å²) in [6.45, 7) is 1.48. The van der Waals surface area contributed by atoms with E-state index in [1.54, 1.807) is 42.5 Å². The lowest BCUT2D eigenvalue weighted by Crippen LogP contribution is -2.05. The summed E-state index contributed by atoms with van der Waals surface area (Å²) in [4.78, 5) is 0. The molecule has 0 aliphatic heterocycles. The molecule has 3 rings (SSSR count). The highest BCUT2D eigenvalue weighted by atomic mass is 19.3. The Labute approximate surface area is 167 Å². The molecule has 0 heterocycles. The minimum atomic E-state index is -3.08. The van der Waals surface area contributed by atoms with Crippen molar-refractivity contribution in [2.24, 2.45) is 0 Å². The molecule has 0 N–H and O–H groups in total. The van der Waals surface area contributed by atoms with Crippen LogP contribution in [-0.2, 0) is 0 Å². The highest BCUT2D eigenvalue weighted by Crippen LogP contribution is 2.40. The molecule has 0 atom stereocenters. The topological polar surface area (TPSA) is 27.7 Å². The van der Waals surface area contributed by atoms with Crippen LogP contribution in [0.2, 0.25) is 0 Å². The summed E-state index contributed by atoms with van der Waals surface area (Å²) < 4.78 is 56.9. The molecule has 0 aromatic heterocycles. The van der Waals surface area contributed by atoms with Crippen LogP contribution in [0.1, 0.15) is 13.8 Å². The number of allylic oxidation sites excluding steroid dienone is 1. The first-order valence-electron chi connectivity index (χ1n) is 9.21. The second kappa shape index (κ2) is 9.37. The molecule has 0 bridgehead atoms. The third kappa shape index (κ3) is 4.83. The first-order valence-corrected chi connectivity index (χ1v) is 9.21. The van der Waals surface area contributed by atoms with E-state index < -0.39 is 12.4 Å². The molecule has 3 aromatic carbocycles. The fourth-order valence-electron chi connectivity index (χ4n) is 2.99. The van der Waals surface area contributed by atoms with Gasteiger partial charge in [-0.25, -0.2) is 4.39 Å². The molecule has 0 aliphatic rings. The van der Waals surface area contributed by atoms with E-state index in [0.717, 1.165) is 0 Å². The molecule has 0 saturated heterocycles. The zero-order valence-electron chi connectivity index (χ0n) is 16.1. The van der Waals surface area contributed by atoms with Crippen LogP contribution in [0.4, 0.5) is 13.2 Å². The summed E-state index contributed by atoms with van der Waals surface area (Å²) in [7, 11) is 0. The molecule has 152 valence electrons. The molecule has 0 unspecified atom stereocenters. The molecular formula is C23H21F3O3. The lowest BCUT2D eigenvalue weighted by molar-refractivity contribution is -0.0494. The van der Waals surface area contributed by atoms with E-state index in [2.05, 4.69) is 4.74 Å². The lowest BCUT2D eigenvalue weighted by Gasteiger charge is -2.15. The average Bonchev–Trinajstić information content (AvgIpc) is 2.69. The van der Waals surface area contributed by atoms with E-state index in [-0.39, 0.29) is 11.3 Å². The van der Waals surface area contributed by atoms with Gasteiger partial charge < -0.3 is 14.2 Å². The molecule has 0 amide bonds.